The molecule has 0 aliphatic carbocycles. The molecule has 1 fully saturated rings. The number of carbonyl (C=O) groups excluding carboxylic acids is 5. The first-order chi connectivity index (χ1) is 26.4. The summed E-state index contributed by atoms with van der Waals surface area (Å²) in [5, 5.41) is 13.6. The van der Waals surface area contributed by atoms with E-state index in [0.717, 1.165) is 0 Å². The molecule has 19 nitrogen and oxygen atoms in total. The molecule has 0 radical (unpaired) electrons. The lowest BCUT2D eigenvalue weighted by Crippen LogP contribution is -2.55. The molecule has 1 heterocycles. The topological polar surface area (TPSA) is 236 Å². The number of nitro groups is 1. The number of ether oxygens (including phenoxy) is 8. The van der Waals surface area contributed by atoms with Gasteiger partial charge in [0.05, 0.1) is 43.5 Å². The molecule has 2 aromatic rings. The van der Waals surface area contributed by atoms with Crippen molar-refractivity contribution in [2.24, 2.45) is 11.8 Å². The van der Waals surface area contributed by atoms with Crippen molar-refractivity contribution >= 4 is 35.6 Å². The van der Waals surface area contributed by atoms with Gasteiger partial charge in [-0.25, -0.2) is 9.59 Å². The molecule has 2 amide bonds. The molecular weight excluding hydrogens is 742 g/mol. The van der Waals surface area contributed by atoms with Gasteiger partial charge in [-0.15, -0.1) is 0 Å². The summed E-state index contributed by atoms with van der Waals surface area (Å²) in [7, 11) is 0. The van der Waals surface area contributed by atoms with Gasteiger partial charge in [0.25, 0.3) is 11.6 Å². The number of ketones is 1. The fourth-order valence-electron chi connectivity index (χ4n) is 5.22. The van der Waals surface area contributed by atoms with E-state index in [9.17, 15) is 34.1 Å². The zero-order chi connectivity index (χ0) is 41.4. The van der Waals surface area contributed by atoms with Crippen molar-refractivity contribution in [1.82, 2.24) is 10.8 Å². The summed E-state index contributed by atoms with van der Waals surface area (Å²) in [6, 6.07) is 9.18. The molecule has 3 rings (SSSR count). The highest BCUT2D eigenvalue weighted by Gasteiger charge is 2.46. The minimum Gasteiger partial charge on any atom is -0.460 e. The number of non-ortho nitro benzene ring substituents is 1. The maximum absolute atomic E-state index is 13.5. The van der Waals surface area contributed by atoms with Crippen molar-refractivity contribution in [3.63, 3.8) is 0 Å². The van der Waals surface area contributed by atoms with Crippen LogP contribution >= 0.6 is 0 Å². The van der Waals surface area contributed by atoms with Crippen LogP contribution in [0.4, 0.5) is 15.3 Å². The van der Waals surface area contributed by atoms with Gasteiger partial charge in [0, 0.05) is 31.5 Å². The second-order valence-electron chi connectivity index (χ2n) is 13.6. The monoisotopic (exact) mass is 791 g/mol. The van der Waals surface area contributed by atoms with Gasteiger partial charge in [0.15, 0.2) is 11.9 Å². The second kappa shape index (κ2) is 21.6. The number of benzene rings is 2. The number of hydroxylamine groups is 1. The van der Waals surface area contributed by atoms with Crippen molar-refractivity contribution in [3.8, 4) is 11.5 Å². The number of hydrogen-bond donors (Lipinski definition) is 2. The van der Waals surface area contributed by atoms with Gasteiger partial charge in [-0.2, -0.15) is 5.48 Å². The zero-order valence-electron chi connectivity index (χ0n) is 32.4. The Labute approximate surface area is 323 Å². The van der Waals surface area contributed by atoms with E-state index < -0.39 is 53.1 Å². The molecule has 1 aliphatic rings. The zero-order valence-corrected chi connectivity index (χ0v) is 32.4. The van der Waals surface area contributed by atoms with Crippen LogP contribution in [-0.2, 0) is 49.5 Å². The molecular formula is C37H49N3O16. The smallest absolute Gasteiger partial charge is 0.460 e. The van der Waals surface area contributed by atoms with E-state index in [-0.39, 0.29) is 86.6 Å². The number of Topliss-reactive ketones (excluding diaryl/α,β-unsaturated/α-hetero) is 1. The molecule has 0 unspecified atom stereocenters. The fourth-order valence-corrected chi connectivity index (χ4v) is 5.22. The standard InChI is InChI=1S/C37H49N3O16/c1-22-23(2)32(52-25(4)42)34(55-31(22)24(3)41)54-30-13-8-26(21-50-36(45)53-28-11-9-27(10-12-28)40(46)47)20-29(30)33(43)38-14-15-48-16-17-49-18-19-51-39-35(44)56-37(5,6)7/h8-13,20,22-23,31-32,34H,14-19,21H2,1-7H3,(H,38,43)(H,39,44)/t22-,23-,31-,32+,34+/m0/s1. The Morgan fingerprint density at radius 2 is 1.55 bits per heavy atom. The van der Waals surface area contributed by atoms with Gasteiger partial charge in [0.2, 0.25) is 6.29 Å². The van der Waals surface area contributed by atoms with Crippen molar-refractivity contribution < 1.29 is 71.6 Å². The summed E-state index contributed by atoms with van der Waals surface area (Å²) in [5.41, 5.74) is 1.65. The van der Waals surface area contributed by atoms with Crippen LogP contribution in [0, 0.1) is 22.0 Å². The lowest BCUT2D eigenvalue weighted by molar-refractivity contribution is -0.384. The molecule has 308 valence electrons. The predicted molar refractivity (Wildman–Crippen MR) is 193 cm³/mol. The van der Waals surface area contributed by atoms with Gasteiger partial charge in [-0.3, -0.25) is 29.3 Å². The predicted octanol–water partition coefficient (Wildman–Crippen LogP) is 4.43. The first-order valence-electron chi connectivity index (χ1n) is 17.7. The molecule has 0 saturated carbocycles. The Hall–Kier alpha value is -5.37. The molecule has 0 bridgehead atoms. The number of amides is 2. The quantitative estimate of drug-likeness (QED) is 0.0500. The van der Waals surface area contributed by atoms with Crippen molar-refractivity contribution in [1.29, 1.82) is 0 Å². The van der Waals surface area contributed by atoms with Crippen LogP contribution in [0.2, 0.25) is 0 Å². The summed E-state index contributed by atoms with van der Waals surface area (Å²) < 4.78 is 44.0. The van der Waals surface area contributed by atoms with Crippen LogP contribution in [0.5, 0.6) is 11.5 Å². The number of hydrogen-bond acceptors (Lipinski definition) is 16. The van der Waals surface area contributed by atoms with Crippen molar-refractivity contribution in [3.05, 3.63) is 63.7 Å². The van der Waals surface area contributed by atoms with Crippen molar-refractivity contribution in [2.75, 3.05) is 39.6 Å². The average Bonchev–Trinajstić information content (AvgIpc) is 3.12. The molecule has 1 aliphatic heterocycles. The first kappa shape index (κ1) is 45.0. The van der Waals surface area contributed by atoms with Gasteiger partial charge in [-0.05, 0) is 63.4 Å². The summed E-state index contributed by atoms with van der Waals surface area (Å²) in [6.07, 6.45) is -4.87. The minimum absolute atomic E-state index is 0.00557. The van der Waals surface area contributed by atoms with E-state index in [1.54, 1.807) is 34.6 Å². The number of nitrogens with one attached hydrogen (secondary N) is 2. The normalized spacial score (nSPS) is 19.2. The highest BCUT2D eigenvalue weighted by atomic mass is 16.7. The summed E-state index contributed by atoms with van der Waals surface area (Å²) >= 11 is 0. The minimum atomic E-state index is -1.26. The average molecular weight is 792 g/mol. The first-order valence-corrected chi connectivity index (χ1v) is 17.7. The molecule has 0 aromatic heterocycles. The van der Waals surface area contributed by atoms with Crippen LogP contribution < -0.4 is 20.3 Å². The third-order valence-corrected chi connectivity index (χ3v) is 8.00. The van der Waals surface area contributed by atoms with Gasteiger partial charge in [-0.1, -0.05) is 19.9 Å². The molecule has 56 heavy (non-hydrogen) atoms. The van der Waals surface area contributed by atoms with E-state index in [1.165, 1.54) is 56.3 Å². The van der Waals surface area contributed by atoms with Crippen LogP contribution in [0.3, 0.4) is 0 Å². The van der Waals surface area contributed by atoms with E-state index in [4.69, 9.17) is 42.7 Å². The highest BCUT2D eigenvalue weighted by molar-refractivity contribution is 5.97. The highest BCUT2D eigenvalue weighted by Crippen LogP contribution is 2.35. The molecule has 0 spiro atoms. The lowest BCUT2D eigenvalue weighted by atomic mass is 9.82. The molecule has 2 aromatic carbocycles. The largest absolute Gasteiger partial charge is 0.514 e. The third kappa shape index (κ3) is 15.0. The van der Waals surface area contributed by atoms with Crippen LogP contribution in [-0.4, -0.2) is 98.5 Å². The number of rotatable bonds is 19. The fraction of sp³-hybridized carbons (Fsp3) is 0.541. The van der Waals surface area contributed by atoms with Gasteiger partial charge in [0.1, 0.15) is 29.8 Å². The Morgan fingerprint density at radius 1 is 0.893 bits per heavy atom. The molecule has 5 atom stereocenters. The maximum atomic E-state index is 13.5. The molecule has 19 heteroatoms. The Morgan fingerprint density at radius 3 is 2.18 bits per heavy atom. The van der Waals surface area contributed by atoms with Crippen LogP contribution in [0.25, 0.3) is 0 Å². The number of carbonyl (C=O) groups is 5. The summed E-state index contributed by atoms with van der Waals surface area (Å²) in [5.74, 6) is -2.09. The Bertz CT molecular complexity index is 1660. The van der Waals surface area contributed by atoms with Crippen LogP contribution in [0.1, 0.15) is 64.4 Å². The van der Waals surface area contributed by atoms with Gasteiger partial charge < -0.3 is 43.2 Å². The summed E-state index contributed by atoms with van der Waals surface area (Å²) in [4.78, 5) is 77.2. The van der Waals surface area contributed by atoms with Crippen LogP contribution in [0.15, 0.2) is 42.5 Å². The Kier molecular flexibility index (Phi) is 17.4. The van der Waals surface area contributed by atoms with E-state index in [2.05, 4.69) is 10.8 Å². The number of nitrogens with zero attached hydrogens (tertiary/aromatic N) is 1. The van der Waals surface area contributed by atoms with E-state index >= 15 is 0 Å². The lowest BCUT2D eigenvalue weighted by Gasteiger charge is -2.42. The maximum Gasteiger partial charge on any atom is 0.514 e. The Balaban J connectivity index is 1.62. The van der Waals surface area contributed by atoms with Gasteiger partial charge >= 0.3 is 18.2 Å². The third-order valence-electron chi connectivity index (χ3n) is 8.00. The van der Waals surface area contributed by atoms with E-state index in [0.29, 0.717) is 5.56 Å². The second-order valence-corrected chi connectivity index (χ2v) is 13.6. The van der Waals surface area contributed by atoms with Crippen molar-refractivity contribution in [2.45, 2.75) is 79.2 Å². The summed E-state index contributed by atoms with van der Waals surface area (Å²) in [6.45, 7) is 11.9. The molecule has 1 saturated heterocycles. The number of esters is 1. The SMILES string of the molecule is CC(=O)O[C@H]1[C@H](Oc2ccc(COC(=O)Oc3ccc([N+](=O)[O-])cc3)cc2C(=O)NCCOCCOCCONC(=O)OC(C)(C)C)O[C@H](C(C)=O)[C@@H](C)[C@@H]1C. The molecule has 2 N–H and O–H groups in total. The van der Waals surface area contributed by atoms with E-state index in [1.807, 2.05) is 0 Å². The number of nitro benzene ring substituents is 1.